The van der Waals surface area contributed by atoms with Crippen LogP contribution in [0.3, 0.4) is 0 Å². The Morgan fingerprint density at radius 3 is 2.71 bits per heavy atom. The van der Waals surface area contributed by atoms with Crippen LogP contribution in [-0.2, 0) is 14.3 Å². The van der Waals surface area contributed by atoms with Crippen molar-refractivity contribution in [3.63, 3.8) is 0 Å². The number of carbonyl (C=O) groups excluding carboxylic acids is 3. The van der Waals surface area contributed by atoms with Gasteiger partial charge in [0.2, 0.25) is 0 Å². The fourth-order valence-corrected chi connectivity index (χ4v) is 4.37. The average Bonchev–Trinajstić information content (AvgIpc) is 2.83. The van der Waals surface area contributed by atoms with E-state index < -0.39 is 6.03 Å². The van der Waals surface area contributed by atoms with Gasteiger partial charge in [-0.3, -0.25) is 9.59 Å². The summed E-state index contributed by atoms with van der Waals surface area (Å²) in [6, 6.07) is 11.9. The Kier molecular flexibility index (Phi) is 7.02. The number of esters is 1. The number of amides is 3. The van der Waals surface area contributed by atoms with E-state index in [2.05, 4.69) is 10.6 Å². The number of aryl methyl sites for hydroxylation is 1. The van der Waals surface area contributed by atoms with Gasteiger partial charge < -0.3 is 29.7 Å². The van der Waals surface area contributed by atoms with Gasteiger partial charge in [-0.05, 0) is 49.6 Å². The molecule has 2 aliphatic heterocycles. The summed E-state index contributed by atoms with van der Waals surface area (Å²) in [5, 5.41) is 5.59. The number of methoxy groups -OCH3 is 1. The van der Waals surface area contributed by atoms with E-state index in [1.807, 2.05) is 31.2 Å². The molecule has 3 amide bonds. The molecule has 180 valence electrons. The number of likely N-dealkylation sites (N-methyl/N-ethyl adjacent to an activating group) is 1. The third-order valence-electron chi connectivity index (χ3n) is 6.28. The minimum atomic E-state index is -0.404. The van der Waals surface area contributed by atoms with Crippen molar-refractivity contribution >= 4 is 29.3 Å². The van der Waals surface area contributed by atoms with Crippen molar-refractivity contribution in [1.82, 2.24) is 4.90 Å². The van der Waals surface area contributed by atoms with Crippen LogP contribution in [-0.4, -0.2) is 61.8 Å². The summed E-state index contributed by atoms with van der Waals surface area (Å²) in [5.74, 6) is -0.127. The molecule has 2 N–H and O–H groups in total. The number of hydrogen-bond acceptors (Lipinski definition) is 6. The molecule has 0 radical (unpaired) electrons. The summed E-state index contributed by atoms with van der Waals surface area (Å²) in [6.45, 7) is 2.15. The van der Waals surface area contributed by atoms with Crippen molar-refractivity contribution in [1.29, 1.82) is 0 Å². The van der Waals surface area contributed by atoms with E-state index in [0.717, 1.165) is 5.56 Å². The first kappa shape index (κ1) is 23.6. The van der Waals surface area contributed by atoms with Crippen LogP contribution < -0.4 is 15.4 Å². The maximum atomic E-state index is 13.3. The molecular formula is C25H29N3O6. The van der Waals surface area contributed by atoms with Gasteiger partial charge in [0.15, 0.2) is 0 Å². The van der Waals surface area contributed by atoms with Gasteiger partial charge in [-0.15, -0.1) is 0 Å². The van der Waals surface area contributed by atoms with Gasteiger partial charge in [0.05, 0.1) is 31.2 Å². The normalized spacial score (nSPS) is 21.8. The number of anilines is 2. The highest BCUT2D eigenvalue weighted by atomic mass is 16.5. The van der Waals surface area contributed by atoms with Crippen molar-refractivity contribution < 1.29 is 28.6 Å². The molecule has 4 rings (SSSR count). The molecule has 1 saturated heterocycles. The van der Waals surface area contributed by atoms with E-state index in [4.69, 9.17) is 14.2 Å². The molecule has 34 heavy (non-hydrogen) atoms. The van der Waals surface area contributed by atoms with Gasteiger partial charge >= 0.3 is 12.0 Å². The van der Waals surface area contributed by atoms with Crippen LogP contribution >= 0.6 is 0 Å². The number of urea groups is 1. The van der Waals surface area contributed by atoms with E-state index in [1.54, 1.807) is 30.1 Å². The van der Waals surface area contributed by atoms with Gasteiger partial charge in [0.25, 0.3) is 5.91 Å². The number of carbonyl (C=O) groups is 3. The zero-order valence-electron chi connectivity index (χ0n) is 19.5. The van der Waals surface area contributed by atoms with Crippen LogP contribution in [0.5, 0.6) is 5.75 Å². The second-order valence-corrected chi connectivity index (χ2v) is 8.55. The zero-order chi connectivity index (χ0) is 24.2. The molecule has 0 unspecified atom stereocenters. The largest absolute Gasteiger partial charge is 0.490 e. The number of benzene rings is 2. The van der Waals surface area contributed by atoms with Gasteiger partial charge in [-0.1, -0.05) is 18.2 Å². The number of nitrogens with one attached hydrogen (secondary N) is 2. The lowest BCUT2D eigenvalue weighted by atomic mass is 9.94. The molecule has 9 nitrogen and oxygen atoms in total. The fourth-order valence-electron chi connectivity index (χ4n) is 4.37. The van der Waals surface area contributed by atoms with Crippen LogP contribution in [0.1, 0.15) is 35.2 Å². The first-order chi connectivity index (χ1) is 16.4. The average molecular weight is 468 g/mol. The number of hydrogen-bond donors (Lipinski definition) is 2. The van der Waals surface area contributed by atoms with Crippen LogP contribution in [0.4, 0.5) is 16.2 Å². The molecule has 2 aromatic rings. The molecule has 0 aliphatic carbocycles. The first-order valence-electron chi connectivity index (χ1n) is 11.3. The minimum Gasteiger partial charge on any atom is -0.490 e. The minimum absolute atomic E-state index is 0.174. The number of para-hydroxylation sites is 1. The molecule has 2 aromatic carbocycles. The van der Waals surface area contributed by atoms with Crippen LogP contribution in [0.15, 0.2) is 42.5 Å². The summed E-state index contributed by atoms with van der Waals surface area (Å²) < 4.78 is 16.8. The lowest BCUT2D eigenvalue weighted by molar-refractivity contribution is -0.151. The predicted octanol–water partition coefficient (Wildman–Crippen LogP) is 3.58. The highest BCUT2D eigenvalue weighted by molar-refractivity contribution is 6.02. The van der Waals surface area contributed by atoms with Crippen molar-refractivity contribution in [2.45, 2.75) is 44.4 Å². The summed E-state index contributed by atoms with van der Waals surface area (Å²) in [7, 11) is 3.09. The molecule has 1 fully saturated rings. The molecule has 2 aliphatic rings. The third kappa shape index (κ3) is 5.14. The van der Waals surface area contributed by atoms with Crippen molar-refractivity contribution in [2.24, 2.45) is 0 Å². The van der Waals surface area contributed by atoms with E-state index in [0.29, 0.717) is 35.5 Å². The monoisotopic (exact) mass is 467 g/mol. The van der Waals surface area contributed by atoms with Gasteiger partial charge in [0, 0.05) is 18.4 Å². The highest BCUT2D eigenvalue weighted by Gasteiger charge is 2.39. The Balaban J connectivity index is 1.48. The number of rotatable bonds is 4. The molecule has 0 bridgehead atoms. The van der Waals surface area contributed by atoms with Crippen LogP contribution in [0, 0.1) is 6.92 Å². The molecule has 0 saturated carbocycles. The quantitative estimate of drug-likeness (QED) is 0.666. The van der Waals surface area contributed by atoms with E-state index in [1.165, 1.54) is 7.11 Å². The number of fused-ring (bicyclic) bond motifs is 2. The highest BCUT2D eigenvalue weighted by Crippen LogP contribution is 2.32. The Bertz CT molecular complexity index is 1090. The molecule has 0 spiro atoms. The number of nitrogens with zero attached hydrogens (tertiary/aromatic N) is 1. The van der Waals surface area contributed by atoms with E-state index in [-0.39, 0.29) is 43.2 Å². The second kappa shape index (κ2) is 10.1. The molecular weight excluding hydrogens is 438 g/mol. The molecule has 2 heterocycles. The Morgan fingerprint density at radius 2 is 1.94 bits per heavy atom. The lowest BCUT2D eigenvalue weighted by Gasteiger charge is -2.42. The summed E-state index contributed by atoms with van der Waals surface area (Å²) in [5.41, 5.74) is 2.50. The van der Waals surface area contributed by atoms with E-state index >= 15 is 0 Å². The van der Waals surface area contributed by atoms with Crippen molar-refractivity contribution in [2.75, 3.05) is 31.4 Å². The Hall–Kier alpha value is -3.59. The van der Waals surface area contributed by atoms with Gasteiger partial charge in [0.1, 0.15) is 18.5 Å². The zero-order valence-corrected chi connectivity index (χ0v) is 19.5. The van der Waals surface area contributed by atoms with E-state index in [9.17, 15) is 14.4 Å². The maximum Gasteiger partial charge on any atom is 0.323 e. The molecule has 0 aromatic heterocycles. The smallest absolute Gasteiger partial charge is 0.323 e. The predicted molar refractivity (Wildman–Crippen MR) is 126 cm³/mol. The first-order valence-corrected chi connectivity index (χ1v) is 11.3. The summed E-state index contributed by atoms with van der Waals surface area (Å²) in [6.07, 6.45) is 0.875. The standard InChI is InChI=1S/C25H29N3O6/c1-15-6-4-5-7-19(15)27-25(31)26-16-8-11-21-18(12-16)24(30)28(2)20-10-9-17(13-23(29)32-3)34-22(20)14-33-21/h4-8,11-12,17,20,22H,9-10,13-14H2,1-3H3,(H2,26,27,31)/t17-,20+,22+/m0/s1. The molecule has 9 heteroatoms. The second-order valence-electron chi connectivity index (χ2n) is 8.55. The maximum absolute atomic E-state index is 13.3. The number of ether oxygens (including phenoxy) is 3. The fraction of sp³-hybridized carbons (Fsp3) is 0.400. The van der Waals surface area contributed by atoms with Gasteiger partial charge in [-0.25, -0.2) is 4.79 Å². The van der Waals surface area contributed by atoms with Crippen molar-refractivity contribution in [3.8, 4) is 5.75 Å². The summed E-state index contributed by atoms with van der Waals surface area (Å²) in [4.78, 5) is 39.1. The third-order valence-corrected chi connectivity index (χ3v) is 6.28. The van der Waals surface area contributed by atoms with Crippen LogP contribution in [0.25, 0.3) is 0 Å². The summed E-state index contributed by atoms with van der Waals surface area (Å²) >= 11 is 0. The Morgan fingerprint density at radius 1 is 1.15 bits per heavy atom. The SMILES string of the molecule is COC(=O)C[C@@H]1CC[C@@H]2[C@@H](COc3ccc(NC(=O)Nc4ccccc4C)cc3C(=O)N2C)O1. The Labute approximate surface area is 198 Å². The topological polar surface area (TPSA) is 106 Å². The lowest BCUT2D eigenvalue weighted by Crippen LogP contribution is -2.53. The molecule has 3 atom stereocenters. The van der Waals surface area contributed by atoms with Gasteiger partial charge in [-0.2, -0.15) is 0 Å². The van der Waals surface area contributed by atoms with Crippen molar-refractivity contribution in [3.05, 3.63) is 53.6 Å². The van der Waals surface area contributed by atoms with Crippen LogP contribution in [0.2, 0.25) is 0 Å².